The quantitative estimate of drug-likeness (QED) is 0.133. The van der Waals surface area contributed by atoms with Gasteiger partial charge in [-0.2, -0.15) is 5.10 Å². The van der Waals surface area contributed by atoms with Crippen LogP contribution in [-0.2, 0) is 9.53 Å². The van der Waals surface area contributed by atoms with Crippen molar-refractivity contribution < 1.29 is 14.3 Å². The van der Waals surface area contributed by atoms with Crippen molar-refractivity contribution in [3.05, 3.63) is 83.4 Å². The van der Waals surface area contributed by atoms with Gasteiger partial charge >= 0.3 is 0 Å². The van der Waals surface area contributed by atoms with Gasteiger partial charge in [-0.1, -0.05) is 54.8 Å². The maximum absolute atomic E-state index is 13.2. The molecule has 0 bridgehead atoms. The Morgan fingerprint density at radius 2 is 2.00 bits per heavy atom. The van der Waals surface area contributed by atoms with E-state index in [1.807, 2.05) is 79.3 Å². The summed E-state index contributed by atoms with van der Waals surface area (Å²) in [4.78, 5) is 15.4. The minimum atomic E-state index is -0.0794. The zero-order valence-corrected chi connectivity index (χ0v) is 22.1. The zero-order valence-electron chi connectivity index (χ0n) is 20.5. The number of amides is 1. The molecule has 1 aromatic heterocycles. The maximum atomic E-state index is 13.2. The first kappa shape index (κ1) is 25.9. The first-order valence-corrected chi connectivity index (χ1v) is 13.1. The van der Waals surface area contributed by atoms with Gasteiger partial charge in [-0.3, -0.25) is 9.69 Å². The minimum absolute atomic E-state index is 0.0794. The van der Waals surface area contributed by atoms with Crippen molar-refractivity contribution in [3.63, 3.8) is 0 Å². The van der Waals surface area contributed by atoms with Gasteiger partial charge in [-0.05, 0) is 62.2 Å². The molecule has 8 heteroatoms. The molecule has 0 unspecified atom stereocenters. The van der Waals surface area contributed by atoms with E-state index >= 15 is 0 Å². The lowest BCUT2D eigenvalue weighted by Crippen LogP contribution is -2.29. The highest BCUT2D eigenvalue weighted by Gasteiger charge is 2.32. The fourth-order valence-corrected chi connectivity index (χ4v) is 5.14. The topological polar surface area (TPSA) is 56.6 Å². The van der Waals surface area contributed by atoms with Crippen LogP contribution in [0.5, 0.6) is 5.75 Å². The second-order valence-electron chi connectivity index (χ2n) is 8.18. The van der Waals surface area contributed by atoms with Crippen LogP contribution >= 0.6 is 24.0 Å². The van der Waals surface area contributed by atoms with Crippen molar-refractivity contribution in [2.75, 3.05) is 26.4 Å². The third kappa shape index (κ3) is 5.95. The summed E-state index contributed by atoms with van der Waals surface area (Å²) in [6.45, 7) is 9.93. The molecule has 1 fully saturated rings. The van der Waals surface area contributed by atoms with Crippen molar-refractivity contribution in [3.8, 4) is 22.7 Å². The maximum Gasteiger partial charge on any atom is 0.266 e. The van der Waals surface area contributed by atoms with E-state index < -0.39 is 0 Å². The van der Waals surface area contributed by atoms with Gasteiger partial charge in [-0.25, -0.2) is 4.68 Å². The standard InChI is InChI=1S/C28H29N3O3S2/c1-4-15-34-24-13-12-21(17-20(24)3)26-22(19-31(29-26)23-10-7-6-8-11-23)18-25-27(32)30(28(35)36-25)14-9-16-33-5-2/h4,6-8,10-13,17-19H,1,5,9,14-16H2,2-3H3/b25-18-. The monoisotopic (exact) mass is 519 g/mol. The molecule has 1 aliphatic rings. The molecule has 2 aromatic carbocycles. The molecule has 1 amide bonds. The molecule has 0 aliphatic carbocycles. The van der Waals surface area contributed by atoms with Gasteiger partial charge in [0, 0.05) is 37.1 Å². The van der Waals surface area contributed by atoms with Gasteiger partial charge < -0.3 is 9.47 Å². The Morgan fingerprint density at radius 3 is 2.72 bits per heavy atom. The van der Waals surface area contributed by atoms with E-state index in [0.717, 1.165) is 40.2 Å². The van der Waals surface area contributed by atoms with Crippen LogP contribution in [0.15, 0.2) is 72.3 Å². The third-order valence-electron chi connectivity index (χ3n) is 5.60. The summed E-state index contributed by atoms with van der Waals surface area (Å²) in [6.07, 6.45) is 6.30. The van der Waals surface area contributed by atoms with E-state index in [0.29, 0.717) is 35.6 Å². The van der Waals surface area contributed by atoms with Crippen molar-refractivity contribution in [1.29, 1.82) is 0 Å². The van der Waals surface area contributed by atoms with Crippen molar-refractivity contribution >= 4 is 40.3 Å². The number of aromatic nitrogens is 2. The first-order valence-electron chi connectivity index (χ1n) is 11.8. The van der Waals surface area contributed by atoms with E-state index in [-0.39, 0.29) is 5.91 Å². The molecule has 0 spiro atoms. The lowest BCUT2D eigenvalue weighted by molar-refractivity contribution is -0.122. The first-order chi connectivity index (χ1) is 17.5. The molecule has 4 rings (SSSR count). The van der Waals surface area contributed by atoms with E-state index in [2.05, 4.69) is 6.58 Å². The second-order valence-corrected chi connectivity index (χ2v) is 9.85. The molecule has 3 aromatic rings. The van der Waals surface area contributed by atoms with Gasteiger partial charge in [0.25, 0.3) is 5.91 Å². The summed E-state index contributed by atoms with van der Waals surface area (Å²) in [5.41, 5.74) is 4.48. The van der Waals surface area contributed by atoms with Gasteiger partial charge in [-0.15, -0.1) is 0 Å². The van der Waals surface area contributed by atoms with E-state index in [1.54, 1.807) is 11.0 Å². The van der Waals surface area contributed by atoms with Gasteiger partial charge in [0.2, 0.25) is 0 Å². The number of rotatable bonds is 11. The third-order valence-corrected chi connectivity index (χ3v) is 6.98. The van der Waals surface area contributed by atoms with Crippen LogP contribution in [0.4, 0.5) is 0 Å². The smallest absolute Gasteiger partial charge is 0.266 e. The fourth-order valence-electron chi connectivity index (χ4n) is 3.84. The normalized spacial score (nSPS) is 14.6. The summed E-state index contributed by atoms with van der Waals surface area (Å²) >= 11 is 6.83. The van der Waals surface area contributed by atoms with Gasteiger partial charge in [0.15, 0.2) is 0 Å². The molecule has 1 saturated heterocycles. The van der Waals surface area contributed by atoms with Crippen LogP contribution in [0.2, 0.25) is 0 Å². The van der Waals surface area contributed by atoms with Crippen molar-refractivity contribution in [2.24, 2.45) is 0 Å². The number of benzene rings is 2. The number of hydrogen-bond acceptors (Lipinski definition) is 6. The summed E-state index contributed by atoms with van der Waals surface area (Å²) in [5.74, 6) is 0.722. The largest absolute Gasteiger partial charge is 0.489 e. The van der Waals surface area contributed by atoms with Gasteiger partial charge in [0.05, 0.1) is 10.6 Å². The summed E-state index contributed by atoms with van der Waals surface area (Å²) in [5, 5.41) is 4.89. The van der Waals surface area contributed by atoms with Crippen molar-refractivity contribution in [1.82, 2.24) is 14.7 Å². The second kappa shape index (κ2) is 12.2. The summed E-state index contributed by atoms with van der Waals surface area (Å²) < 4.78 is 13.6. The number of nitrogens with zero attached hydrogens (tertiary/aromatic N) is 3. The van der Waals surface area contributed by atoms with Crippen LogP contribution in [0.1, 0.15) is 24.5 Å². The number of carbonyl (C=O) groups excluding carboxylic acids is 1. The number of thiocarbonyl (C=S) groups is 1. The predicted molar refractivity (Wildman–Crippen MR) is 150 cm³/mol. The van der Waals surface area contributed by atoms with Crippen LogP contribution in [0, 0.1) is 6.92 Å². The molecule has 0 saturated carbocycles. The number of thioether (sulfide) groups is 1. The van der Waals surface area contributed by atoms with E-state index in [9.17, 15) is 4.79 Å². The van der Waals surface area contributed by atoms with Crippen LogP contribution in [0.25, 0.3) is 23.0 Å². The Labute approximate surface area is 221 Å². The van der Waals surface area contributed by atoms with E-state index in [1.165, 1.54) is 11.8 Å². The molecule has 1 aliphatic heterocycles. The number of aryl methyl sites for hydroxylation is 1. The van der Waals surface area contributed by atoms with Gasteiger partial charge in [0.1, 0.15) is 22.4 Å². The highest BCUT2D eigenvalue weighted by molar-refractivity contribution is 8.26. The number of carbonyl (C=O) groups is 1. The van der Waals surface area contributed by atoms with Crippen LogP contribution < -0.4 is 4.74 Å². The highest BCUT2D eigenvalue weighted by Crippen LogP contribution is 2.35. The Balaban J connectivity index is 1.68. The minimum Gasteiger partial charge on any atom is -0.489 e. The molecule has 186 valence electrons. The van der Waals surface area contributed by atoms with Crippen LogP contribution in [0.3, 0.4) is 0 Å². The Kier molecular flexibility index (Phi) is 8.74. The summed E-state index contributed by atoms with van der Waals surface area (Å²) in [7, 11) is 0. The number of hydrogen-bond donors (Lipinski definition) is 0. The molecular weight excluding hydrogens is 490 g/mol. The summed E-state index contributed by atoms with van der Waals surface area (Å²) in [6, 6.07) is 15.9. The number of para-hydroxylation sites is 1. The number of ether oxygens (including phenoxy) is 2. The Bertz CT molecular complexity index is 1280. The Morgan fingerprint density at radius 1 is 1.19 bits per heavy atom. The SMILES string of the molecule is C=CCOc1ccc(-c2nn(-c3ccccc3)cc2/C=C2\SC(=S)N(CCCOCC)C2=O)cc1C. The molecule has 6 nitrogen and oxygen atoms in total. The molecular formula is C28H29N3O3S2. The molecule has 0 N–H and O–H groups in total. The lowest BCUT2D eigenvalue weighted by Gasteiger charge is -2.13. The molecule has 36 heavy (non-hydrogen) atoms. The average Bonchev–Trinajstić information content (AvgIpc) is 3.42. The molecule has 0 atom stereocenters. The van der Waals surface area contributed by atoms with Crippen LogP contribution in [-0.4, -0.2) is 51.3 Å². The Hall–Kier alpha value is -3.20. The average molecular weight is 520 g/mol. The fraction of sp³-hybridized carbons (Fsp3) is 0.250. The van der Waals surface area contributed by atoms with E-state index in [4.69, 9.17) is 26.8 Å². The van der Waals surface area contributed by atoms with Crippen molar-refractivity contribution in [2.45, 2.75) is 20.3 Å². The molecule has 0 radical (unpaired) electrons. The lowest BCUT2D eigenvalue weighted by atomic mass is 10.0. The highest BCUT2D eigenvalue weighted by atomic mass is 32.2. The molecule has 2 heterocycles. The predicted octanol–water partition coefficient (Wildman–Crippen LogP) is 6.04. The zero-order chi connectivity index (χ0) is 25.5.